The minimum absolute atomic E-state index is 0.0695. The number of fused-ring (bicyclic) bond motifs is 1. The molecule has 7 heteroatoms. The van der Waals surface area contributed by atoms with E-state index in [2.05, 4.69) is 27.4 Å². The van der Waals surface area contributed by atoms with Crippen LogP contribution < -0.4 is 14.8 Å². The molecule has 4 aromatic rings. The SMILES string of the molecule is CC(NC(=O)c1cnc(Oc2ccc3c(c2)CCC(c2ccccc2)O3)s1)c1ccncc1. The molecule has 33 heavy (non-hydrogen) atoms. The largest absolute Gasteiger partial charge is 0.485 e. The van der Waals surface area contributed by atoms with E-state index in [9.17, 15) is 4.79 Å². The summed E-state index contributed by atoms with van der Waals surface area (Å²) in [5.41, 5.74) is 3.29. The third kappa shape index (κ3) is 4.88. The Morgan fingerprint density at radius 1 is 1.15 bits per heavy atom. The highest BCUT2D eigenvalue weighted by molar-refractivity contribution is 7.15. The fraction of sp³-hybridized carbons (Fsp3) is 0.192. The Morgan fingerprint density at radius 2 is 1.97 bits per heavy atom. The minimum Gasteiger partial charge on any atom is -0.485 e. The quantitative estimate of drug-likeness (QED) is 0.391. The van der Waals surface area contributed by atoms with E-state index in [0.29, 0.717) is 15.8 Å². The normalized spacial score (nSPS) is 15.7. The summed E-state index contributed by atoms with van der Waals surface area (Å²) in [5, 5.41) is 3.41. The van der Waals surface area contributed by atoms with Gasteiger partial charge in [-0.25, -0.2) is 4.98 Å². The summed E-state index contributed by atoms with van der Waals surface area (Å²) in [6.45, 7) is 1.93. The lowest BCUT2D eigenvalue weighted by molar-refractivity contribution is 0.0943. The van der Waals surface area contributed by atoms with Crippen LogP contribution >= 0.6 is 11.3 Å². The van der Waals surface area contributed by atoms with Crippen LogP contribution in [0.4, 0.5) is 0 Å². The number of nitrogens with one attached hydrogen (secondary N) is 1. The first kappa shape index (κ1) is 21.2. The number of carbonyl (C=O) groups is 1. The van der Waals surface area contributed by atoms with Gasteiger partial charge in [-0.1, -0.05) is 41.7 Å². The number of hydrogen-bond donors (Lipinski definition) is 1. The molecule has 1 N–H and O–H groups in total. The second kappa shape index (κ2) is 9.42. The molecule has 3 heterocycles. The number of aryl methyl sites for hydroxylation is 1. The van der Waals surface area contributed by atoms with E-state index < -0.39 is 0 Å². The molecule has 0 fully saturated rings. The number of ether oxygens (including phenoxy) is 2. The fourth-order valence-corrected chi connectivity index (χ4v) is 4.53. The number of nitrogens with zero attached hydrogens (tertiary/aromatic N) is 2. The number of amides is 1. The van der Waals surface area contributed by atoms with Crippen molar-refractivity contribution in [2.24, 2.45) is 0 Å². The Labute approximate surface area is 196 Å². The summed E-state index contributed by atoms with van der Waals surface area (Å²) in [7, 11) is 0. The number of thiazole rings is 1. The Morgan fingerprint density at radius 3 is 2.79 bits per heavy atom. The van der Waals surface area contributed by atoms with Crippen LogP contribution in [0.25, 0.3) is 0 Å². The van der Waals surface area contributed by atoms with E-state index in [1.54, 1.807) is 18.6 Å². The topological polar surface area (TPSA) is 73.3 Å². The Bertz CT molecular complexity index is 1240. The molecule has 0 saturated heterocycles. The third-order valence-corrected chi connectivity index (χ3v) is 6.49. The van der Waals surface area contributed by atoms with Gasteiger partial charge in [0.05, 0.1) is 12.2 Å². The maximum absolute atomic E-state index is 12.6. The number of hydrogen-bond acceptors (Lipinski definition) is 6. The molecule has 0 aliphatic carbocycles. The van der Waals surface area contributed by atoms with Crippen molar-refractivity contribution in [3.63, 3.8) is 0 Å². The predicted molar refractivity (Wildman–Crippen MR) is 127 cm³/mol. The zero-order valence-electron chi connectivity index (χ0n) is 18.1. The van der Waals surface area contributed by atoms with Crippen molar-refractivity contribution < 1.29 is 14.3 Å². The van der Waals surface area contributed by atoms with Crippen molar-refractivity contribution in [3.8, 4) is 16.7 Å². The maximum atomic E-state index is 12.6. The van der Waals surface area contributed by atoms with Crippen molar-refractivity contribution in [2.45, 2.75) is 31.9 Å². The molecule has 6 nitrogen and oxygen atoms in total. The van der Waals surface area contributed by atoms with Gasteiger partial charge in [0, 0.05) is 12.4 Å². The van der Waals surface area contributed by atoms with Gasteiger partial charge in [-0.05, 0) is 66.8 Å². The number of aromatic nitrogens is 2. The number of pyridine rings is 1. The molecule has 2 aromatic heterocycles. The molecule has 0 bridgehead atoms. The van der Waals surface area contributed by atoms with Gasteiger partial charge in [-0.3, -0.25) is 9.78 Å². The van der Waals surface area contributed by atoms with Crippen molar-refractivity contribution in [1.82, 2.24) is 15.3 Å². The summed E-state index contributed by atoms with van der Waals surface area (Å²) in [4.78, 5) is 21.4. The molecule has 2 aromatic carbocycles. The van der Waals surface area contributed by atoms with Crippen LogP contribution in [0.5, 0.6) is 16.7 Å². The molecule has 2 unspecified atom stereocenters. The van der Waals surface area contributed by atoms with Crippen molar-refractivity contribution in [3.05, 3.63) is 101 Å². The van der Waals surface area contributed by atoms with Crippen molar-refractivity contribution >= 4 is 17.2 Å². The summed E-state index contributed by atoms with van der Waals surface area (Å²) < 4.78 is 12.1. The van der Waals surface area contributed by atoms with Crippen molar-refractivity contribution in [2.75, 3.05) is 0 Å². The Hall–Kier alpha value is -3.71. The minimum atomic E-state index is -0.183. The average Bonchev–Trinajstić information content (AvgIpc) is 3.33. The van der Waals surface area contributed by atoms with Crippen LogP contribution in [0.2, 0.25) is 0 Å². The Kier molecular flexibility index (Phi) is 6.04. The van der Waals surface area contributed by atoms with Gasteiger partial charge in [-0.2, -0.15) is 0 Å². The van der Waals surface area contributed by atoms with E-state index in [-0.39, 0.29) is 18.1 Å². The lowest BCUT2D eigenvalue weighted by atomic mass is 9.97. The molecule has 2 atom stereocenters. The zero-order valence-corrected chi connectivity index (χ0v) is 18.9. The molecule has 0 spiro atoms. The monoisotopic (exact) mass is 457 g/mol. The van der Waals surface area contributed by atoms with Gasteiger partial charge in [0.1, 0.15) is 22.5 Å². The van der Waals surface area contributed by atoms with Gasteiger partial charge in [0.15, 0.2) is 0 Å². The number of carbonyl (C=O) groups excluding carboxylic acids is 1. The summed E-state index contributed by atoms with van der Waals surface area (Å²) in [6, 6.07) is 19.7. The first-order valence-corrected chi connectivity index (χ1v) is 11.7. The molecular weight excluding hydrogens is 434 g/mol. The van der Waals surface area contributed by atoms with Gasteiger partial charge in [-0.15, -0.1) is 0 Å². The van der Waals surface area contributed by atoms with Gasteiger partial charge >= 0.3 is 0 Å². The highest BCUT2D eigenvalue weighted by Crippen LogP contribution is 2.38. The molecule has 1 amide bonds. The summed E-state index contributed by atoms with van der Waals surface area (Å²) >= 11 is 1.22. The van der Waals surface area contributed by atoms with Crippen LogP contribution in [0.3, 0.4) is 0 Å². The van der Waals surface area contributed by atoms with Gasteiger partial charge in [0.2, 0.25) is 0 Å². The Balaban J connectivity index is 1.22. The fourth-order valence-electron chi connectivity index (χ4n) is 3.85. The molecule has 1 aliphatic heterocycles. The highest BCUT2D eigenvalue weighted by Gasteiger charge is 2.22. The predicted octanol–water partition coefficient (Wildman–Crippen LogP) is 5.89. The second-order valence-corrected chi connectivity index (χ2v) is 8.89. The van der Waals surface area contributed by atoms with Crippen LogP contribution in [0.1, 0.15) is 51.9 Å². The first-order valence-electron chi connectivity index (χ1n) is 10.8. The third-order valence-electron chi connectivity index (χ3n) is 5.62. The summed E-state index contributed by atoms with van der Waals surface area (Å²) in [5.74, 6) is 1.38. The molecule has 0 radical (unpaired) electrons. The second-order valence-electron chi connectivity index (χ2n) is 7.89. The first-order chi connectivity index (χ1) is 16.2. The smallest absolute Gasteiger partial charge is 0.279 e. The van der Waals surface area contributed by atoms with Crippen LogP contribution in [0.15, 0.2) is 79.3 Å². The maximum Gasteiger partial charge on any atom is 0.279 e. The average molecular weight is 458 g/mol. The standard InChI is InChI=1S/C26H23N3O3S/c1-17(18-11-13-27-14-12-18)29-25(30)24-16-28-26(33-24)31-21-8-10-23-20(15-21)7-9-22(32-23)19-5-3-2-4-6-19/h2-6,8,10-17,22H,7,9H2,1H3,(H,29,30). The zero-order chi connectivity index (χ0) is 22.6. The molecule has 0 saturated carbocycles. The lowest BCUT2D eigenvalue weighted by Crippen LogP contribution is -2.25. The van der Waals surface area contributed by atoms with Crippen LogP contribution in [0, 0.1) is 0 Å². The van der Waals surface area contributed by atoms with E-state index in [1.807, 2.05) is 55.5 Å². The van der Waals surface area contributed by atoms with Gasteiger partial charge < -0.3 is 14.8 Å². The van der Waals surface area contributed by atoms with E-state index in [1.165, 1.54) is 16.9 Å². The highest BCUT2D eigenvalue weighted by atomic mass is 32.1. The molecule has 1 aliphatic rings. The number of rotatable bonds is 6. The summed E-state index contributed by atoms with van der Waals surface area (Å²) in [6.07, 6.45) is 6.85. The van der Waals surface area contributed by atoms with Gasteiger partial charge in [0.25, 0.3) is 11.1 Å². The van der Waals surface area contributed by atoms with E-state index in [0.717, 1.165) is 29.7 Å². The van der Waals surface area contributed by atoms with Crippen LogP contribution in [-0.4, -0.2) is 15.9 Å². The molecule has 166 valence electrons. The van der Waals surface area contributed by atoms with E-state index in [4.69, 9.17) is 9.47 Å². The van der Waals surface area contributed by atoms with Crippen LogP contribution in [-0.2, 0) is 6.42 Å². The van der Waals surface area contributed by atoms with Crippen molar-refractivity contribution in [1.29, 1.82) is 0 Å². The molecular formula is C26H23N3O3S. The number of benzene rings is 2. The lowest BCUT2D eigenvalue weighted by Gasteiger charge is -2.26. The molecule has 5 rings (SSSR count). The van der Waals surface area contributed by atoms with E-state index >= 15 is 0 Å².